The van der Waals surface area contributed by atoms with E-state index in [1.807, 2.05) is 24.3 Å². The Hall–Kier alpha value is -2.57. The quantitative estimate of drug-likeness (QED) is 0.554. The van der Waals surface area contributed by atoms with E-state index < -0.39 is 0 Å². The third-order valence-electron chi connectivity index (χ3n) is 8.18. The molecule has 0 saturated carbocycles. The zero-order chi connectivity index (χ0) is 24.5. The first kappa shape index (κ1) is 23.8. The molecule has 0 radical (unpaired) electrons. The first-order valence-electron chi connectivity index (χ1n) is 13.3. The Morgan fingerprint density at radius 1 is 0.861 bits per heavy atom. The minimum atomic E-state index is -0.343. The van der Waals surface area contributed by atoms with Crippen molar-refractivity contribution >= 4 is 0 Å². The van der Waals surface area contributed by atoms with Gasteiger partial charge in [0.25, 0.3) is 0 Å². The van der Waals surface area contributed by atoms with Crippen LogP contribution < -0.4 is 0 Å². The summed E-state index contributed by atoms with van der Waals surface area (Å²) in [5, 5.41) is 10.6. The summed E-state index contributed by atoms with van der Waals surface area (Å²) in [6, 6.07) is 24.1. The highest BCUT2D eigenvalue weighted by Gasteiger charge is 2.41. The van der Waals surface area contributed by atoms with Gasteiger partial charge in [-0.25, -0.2) is 4.39 Å². The van der Waals surface area contributed by atoms with Gasteiger partial charge in [0.05, 0.1) is 18.3 Å². The molecule has 4 nitrogen and oxygen atoms in total. The van der Waals surface area contributed by atoms with Crippen LogP contribution >= 0.6 is 0 Å². The topological polar surface area (TPSA) is 35.9 Å². The van der Waals surface area contributed by atoms with E-state index in [1.165, 1.54) is 22.3 Å². The molecule has 2 aliphatic heterocycles. The summed E-state index contributed by atoms with van der Waals surface area (Å²) in [4.78, 5) is 4.87. The zero-order valence-electron chi connectivity index (χ0n) is 20.7. The van der Waals surface area contributed by atoms with Crippen LogP contribution in [0.5, 0.6) is 0 Å². The maximum atomic E-state index is 14.2. The molecule has 5 heteroatoms. The van der Waals surface area contributed by atoms with E-state index >= 15 is 0 Å². The third-order valence-corrected chi connectivity index (χ3v) is 8.18. The van der Waals surface area contributed by atoms with Crippen LogP contribution in [0.1, 0.15) is 46.3 Å². The van der Waals surface area contributed by atoms with Crippen molar-refractivity contribution in [3.05, 3.63) is 106 Å². The summed E-state index contributed by atoms with van der Waals surface area (Å²) in [6.07, 6.45) is 2.21. The number of hydrogen-bond acceptors (Lipinski definition) is 4. The summed E-state index contributed by atoms with van der Waals surface area (Å²) in [5.74, 6) is 0.0831. The van der Waals surface area contributed by atoms with Crippen molar-refractivity contribution in [3.8, 4) is 0 Å². The van der Waals surface area contributed by atoms with E-state index in [1.54, 1.807) is 12.1 Å². The van der Waals surface area contributed by atoms with E-state index in [0.29, 0.717) is 13.0 Å². The third kappa shape index (κ3) is 5.12. The molecule has 2 fully saturated rings. The van der Waals surface area contributed by atoms with Crippen LogP contribution in [0.15, 0.2) is 72.8 Å². The second-order valence-electron chi connectivity index (χ2n) is 10.7. The van der Waals surface area contributed by atoms with Crippen molar-refractivity contribution in [3.63, 3.8) is 0 Å². The molecule has 3 aliphatic rings. The fourth-order valence-electron chi connectivity index (χ4n) is 6.41. The standard InChI is InChI=1S/C31H35FN2O2/c32-25-11-10-24-17-23-8-4-5-9-28(23)30-19-27(36-31(30)29(24)18-25)21-34-14-12-33(13-15-34)20-26(35)16-22-6-2-1-3-7-22/h1-11,18,26-27,30-31,35H,12-17,19-21H2. The second kappa shape index (κ2) is 10.4. The molecule has 2 saturated heterocycles. The highest BCUT2D eigenvalue weighted by Crippen LogP contribution is 2.49. The van der Waals surface area contributed by atoms with Crippen molar-refractivity contribution in [1.29, 1.82) is 0 Å². The van der Waals surface area contributed by atoms with E-state index in [-0.39, 0.29) is 30.0 Å². The van der Waals surface area contributed by atoms with E-state index in [4.69, 9.17) is 4.74 Å². The van der Waals surface area contributed by atoms with Crippen molar-refractivity contribution in [2.75, 3.05) is 39.3 Å². The Labute approximate surface area is 213 Å². The minimum Gasteiger partial charge on any atom is -0.391 e. The van der Waals surface area contributed by atoms with Crippen molar-refractivity contribution in [2.24, 2.45) is 0 Å². The van der Waals surface area contributed by atoms with Crippen LogP contribution in [0.4, 0.5) is 4.39 Å². The van der Waals surface area contributed by atoms with Crippen LogP contribution in [0.2, 0.25) is 0 Å². The average Bonchev–Trinajstić information content (AvgIpc) is 3.25. The fraction of sp³-hybridized carbons (Fsp3) is 0.419. The Bertz CT molecular complexity index is 1180. The van der Waals surface area contributed by atoms with Crippen molar-refractivity contribution in [2.45, 2.75) is 43.5 Å². The van der Waals surface area contributed by atoms with Gasteiger partial charge in [-0.1, -0.05) is 60.7 Å². The lowest BCUT2D eigenvalue weighted by molar-refractivity contribution is 0.00468. The zero-order valence-corrected chi connectivity index (χ0v) is 20.7. The Balaban J connectivity index is 1.07. The molecule has 2 heterocycles. The molecule has 1 aliphatic carbocycles. The van der Waals surface area contributed by atoms with Crippen molar-refractivity contribution in [1.82, 2.24) is 9.80 Å². The van der Waals surface area contributed by atoms with E-state index in [2.05, 4.69) is 46.2 Å². The molecule has 36 heavy (non-hydrogen) atoms. The van der Waals surface area contributed by atoms with Gasteiger partial charge < -0.3 is 9.84 Å². The molecule has 188 valence electrons. The number of aliphatic hydroxyl groups excluding tert-OH is 1. The number of fused-ring (bicyclic) bond motifs is 5. The number of hydrogen-bond donors (Lipinski definition) is 1. The summed E-state index contributed by atoms with van der Waals surface area (Å²) >= 11 is 0. The summed E-state index contributed by atoms with van der Waals surface area (Å²) in [7, 11) is 0. The molecule has 4 atom stereocenters. The number of benzene rings is 3. The average molecular weight is 487 g/mol. The first-order chi connectivity index (χ1) is 17.6. The number of halogens is 1. The van der Waals surface area contributed by atoms with Gasteiger partial charge in [-0.05, 0) is 59.2 Å². The van der Waals surface area contributed by atoms with Gasteiger partial charge in [-0.15, -0.1) is 0 Å². The predicted molar refractivity (Wildman–Crippen MR) is 140 cm³/mol. The molecule has 6 rings (SSSR count). The van der Waals surface area contributed by atoms with Crippen LogP contribution in [0.3, 0.4) is 0 Å². The molecule has 0 amide bonds. The predicted octanol–water partition coefficient (Wildman–Crippen LogP) is 4.56. The maximum absolute atomic E-state index is 14.2. The van der Waals surface area contributed by atoms with Crippen LogP contribution in [0.25, 0.3) is 0 Å². The molecule has 0 bridgehead atoms. The van der Waals surface area contributed by atoms with Gasteiger partial charge >= 0.3 is 0 Å². The molecule has 3 aromatic carbocycles. The maximum Gasteiger partial charge on any atom is 0.123 e. The minimum absolute atomic E-state index is 0.0845. The van der Waals surface area contributed by atoms with Crippen LogP contribution in [-0.4, -0.2) is 66.4 Å². The summed E-state index contributed by atoms with van der Waals surface area (Å²) in [6.45, 7) is 5.50. The molecule has 3 aromatic rings. The fourth-order valence-corrected chi connectivity index (χ4v) is 6.41. The number of ether oxygens (including phenoxy) is 1. The second-order valence-corrected chi connectivity index (χ2v) is 10.7. The summed E-state index contributed by atoms with van der Waals surface area (Å²) < 4.78 is 20.9. The molecule has 4 unspecified atom stereocenters. The lowest BCUT2D eigenvalue weighted by Gasteiger charge is -2.36. The van der Waals surface area contributed by atoms with Gasteiger partial charge in [0.15, 0.2) is 0 Å². The molecule has 0 aromatic heterocycles. The highest BCUT2D eigenvalue weighted by atomic mass is 19.1. The van der Waals surface area contributed by atoms with E-state index in [9.17, 15) is 9.50 Å². The van der Waals surface area contributed by atoms with E-state index in [0.717, 1.165) is 51.1 Å². The Kier molecular flexibility index (Phi) is 6.89. The first-order valence-corrected chi connectivity index (χ1v) is 13.3. The number of aliphatic hydroxyl groups is 1. The van der Waals surface area contributed by atoms with Gasteiger partial charge in [0.1, 0.15) is 5.82 Å². The number of piperazine rings is 1. The monoisotopic (exact) mass is 486 g/mol. The normalized spacial score (nSPS) is 25.0. The SMILES string of the molecule is OC(Cc1ccccc1)CN1CCN(CC2CC3c4ccccc4Cc4ccc(F)cc4C3O2)CC1. The lowest BCUT2D eigenvalue weighted by Crippen LogP contribution is -2.50. The molecule has 1 N–H and O–H groups in total. The van der Waals surface area contributed by atoms with Gasteiger partial charge in [0.2, 0.25) is 0 Å². The smallest absolute Gasteiger partial charge is 0.123 e. The van der Waals surface area contributed by atoms with Gasteiger partial charge in [-0.2, -0.15) is 0 Å². The Morgan fingerprint density at radius 2 is 1.58 bits per heavy atom. The number of β-amino-alcohol motifs (C(OH)–C–C–N with tert-alkyl or cyclic N) is 1. The highest BCUT2D eigenvalue weighted by molar-refractivity contribution is 5.45. The van der Waals surface area contributed by atoms with Crippen LogP contribution in [0, 0.1) is 5.82 Å². The Morgan fingerprint density at radius 3 is 2.42 bits per heavy atom. The van der Waals surface area contributed by atoms with Gasteiger partial charge in [0, 0.05) is 45.2 Å². The molecular weight excluding hydrogens is 451 g/mol. The number of rotatable bonds is 6. The summed E-state index contributed by atoms with van der Waals surface area (Å²) in [5.41, 5.74) is 6.08. The number of nitrogens with zero attached hydrogens (tertiary/aromatic N) is 2. The molecular formula is C31H35FN2O2. The largest absolute Gasteiger partial charge is 0.391 e. The van der Waals surface area contributed by atoms with Crippen LogP contribution in [-0.2, 0) is 17.6 Å². The molecule has 0 spiro atoms. The lowest BCUT2D eigenvalue weighted by atomic mass is 9.87. The van der Waals surface area contributed by atoms with Crippen molar-refractivity contribution < 1.29 is 14.2 Å². The van der Waals surface area contributed by atoms with Gasteiger partial charge in [-0.3, -0.25) is 9.80 Å².